The van der Waals surface area contributed by atoms with Gasteiger partial charge in [-0.2, -0.15) is 0 Å². The van der Waals surface area contributed by atoms with E-state index in [1.165, 1.54) is 12.5 Å². The second kappa shape index (κ2) is 3.50. The Morgan fingerprint density at radius 2 is 2.50 bits per heavy atom. The van der Waals surface area contributed by atoms with E-state index in [2.05, 4.69) is 9.97 Å². The Balaban J connectivity index is 0.000000490. The molecular weight excluding hydrogens is 157 g/mol. The molecule has 0 unspecified atom stereocenters. The van der Waals surface area contributed by atoms with Crippen molar-refractivity contribution in [1.29, 1.82) is 0 Å². The zero-order valence-corrected chi connectivity index (χ0v) is 7.26. The van der Waals surface area contributed by atoms with Crippen molar-refractivity contribution in [3.05, 3.63) is 18.2 Å². The largest absolute Gasteiger partial charge is 0.342 e. The Hall–Kier alpha value is -0.497. The quantitative estimate of drug-likeness (QED) is 0.473. The van der Waals surface area contributed by atoms with Crippen molar-refractivity contribution >= 4 is 6.29 Å². The van der Waals surface area contributed by atoms with E-state index < -0.39 is 0 Å². The number of hydrogen-bond acceptors (Lipinski definition) is 2. The van der Waals surface area contributed by atoms with E-state index in [1.807, 2.05) is 0 Å². The summed E-state index contributed by atoms with van der Waals surface area (Å²) in [7, 11) is 0. The molecule has 1 aromatic heterocycles. The molecule has 1 N–H and O–H groups in total. The summed E-state index contributed by atoms with van der Waals surface area (Å²) in [5.74, 6) is 0. The van der Waals surface area contributed by atoms with Crippen molar-refractivity contribution in [2.75, 3.05) is 0 Å². The maximum Gasteiger partial charge on any atom is 0.167 e. The average Bonchev–Trinajstić information content (AvgIpc) is 2.14. The van der Waals surface area contributed by atoms with E-state index in [1.54, 1.807) is 0 Å². The number of aromatic amines is 1. The minimum absolute atomic E-state index is 0. The van der Waals surface area contributed by atoms with E-state index in [0.717, 1.165) is 0 Å². The number of carbonyl (C=O) groups excluding carboxylic acids is 1. The molecule has 38 valence electrons. The Labute approximate surface area is 59.3 Å². The standard InChI is InChI=1S/C4H4N2O.Zn/c7-2-4-1-5-3-6-4;/h1-3H,(H,5,6);. The SMILES string of the molecule is O=Cc1cnc[nH]1.[Zn]. The summed E-state index contributed by atoms with van der Waals surface area (Å²) >= 11 is 0. The number of hydrogen-bond donors (Lipinski definition) is 1. The van der Waals surface area contributed by atoms with Gasteiger partial charge >= 0.3 is 0 Å². The number of carbonyl (C=O) groups is 1. The summed E-state index contributed by atoms with van der Waals surface area (Å²) in [6, 6.07) is 0. The Morgan fingerprint density at radius 3 is 2.75 bits per heavy atom. The molecule has 1 rings (SSSR count). The van der Waals surface area contributed by atoms with Crippen LogP contribution < -0.4 is 0 Å². The van der Waals surface area contributed by atoms with E-state index in [-0.39, 0.29) is 19.5 Å². The van der Waals surface area contributed by atoms with Gasteiger partial charge in [0.25, 0.3) is 0 Å². The van der Waals surface area contributed by atoms with Crippen molar-refractivity contribution in [3.63, 3.8) is 0 Å². The Bertz CT molecular complexity index is 149. The van der Waals surface area contributed by atoms with E-state index in [0.29, 0.717) is 12.0 Å². The van der Waals surface area contributed by atoms with Gasteiger partial charge in [-0.05, 0) is 0 Å². The molecule has 4 heteroatoms. The number of aromatic nitrogens is 2. The first-order valence-electron chi connectivity index (χ1n) is 1.87. The van der Waals surface area contributed by atoms with Crippen molar-refractivity contribution in [2.24, 2.45) is 0 Å². The van der Waals surface area contributed by atoms with Gasteiger partial charge in [0.15, 0.2) is 6.29 Å². The van der Waals surface area contributed by atoms with Crippen molar-refractivity contribution < 1.29 is 24.3 Å². The molecule has 8 heavy (non-hydrogen) atoms. The molecule has 0 aliphatic rings. The van der Waals surface area contributed by atoms with Crippen molar-refractivity contribution in [3.8, 4) is 0 Å². The molecule has 1 heterocycles. The van der Waals surface area contributed by atoms with E-state index >= 15 is 0 Å². The molecule has 0 fully saturated rings. The molecule has 0 atom stereocenters. The topological polar surface area (TPSA) is 45.8 Å². The van der Waals surface area contributed by atoms with E-state index in [4.69, 9.17) is 0 Å². The van der Waals surface area contributed by atoms with Crippen LogP contribution in [-0.4, -0.2) is 16.3 Å². The molecule has 3 nitrogen and oxygen atoms in total. The van der Waals surface area contributed by atoms with Gasteiger partial charge in [-0.1, -0.05) is 0 Å². The van der Waals surface area contributed by atoms with Gasteiger partial charge in [-0.25, -0.2) is 4.98 Å². The summed E-state index contributed by atoms with van der Waals surface area (Å²) in [5.41, 5.74) is 0.514. The van der Waals surface area contributed by atoms with Crippen molar-refractivity contribution in [1.82, 2.24) is 9.97 Å². The fourth-order valence-corrected chi connectivity index (χ4v) is 0.331. The van der Waals surface area contributed by atoms with Gasteiger partial charge in [0.05, 0.1) is 18.2 Å². The predicted octanol–water partition coefficient (Wildman–Crippen LogP) is 0.220. The van der Waals surface area contributed by atoms with Crippen LogP contribution in [0.3, 0.4) is 0 Å². The third-order valence-electron chi connectivity index (χ3n) is 0.646. The van der Waals surface area contributed by atoms with Gasteiger partial charge in [-0.15, -0.1) is 0 Å². The van der Waals surface area contributed by atoms with Gasteiger partial charge in [0.1, 0.15) is 0 Å². The molecule has 0 bridgehead atoms. The average molecular weight is 161 g/mol. The summed E-state index contributed by atoms with van der Waals surface area (Å²) in [6.07, 6.45) is 3.64. The molecule has 0 spiro atoms. The summed E-state index contributed by atoms with van der Waals surface area (Å²) in [6.45, 7) is 0. The predicted molar refractivity (Wildman–Crippen MR) is 24.0 cm³/mol. The van der Waals surface area contributed by atoms with Crippen LogP contribution in [0.4, 0.5) is 0 Å². The zero-order valence-electron chi connectivity index (χ0n) is 4.29. The normalized spacial score (nSPS) is 7.50. The first-order valence-corrected chi connectivity index (χ1v) is 1.87. The molecule has 0 aliphatic heterocycles. The van der Waals surface area contributed by atoms with Gasteiger partial charge in [0.2, 0.25) is 0 Å². The van der Waals surface area contributed by atoms with Crippen LogP contribution in [0, 0.1) is 0 Å². The minimum Gasteiger partial charge on any atom is -0.342 e. The van der Waals surface area contributed by atoms with Crippen LogP contribution in [0.2, 0.25) is 0 Å². The second-order valence-electron chi connectivity index (χ2n) is 1.12. The molecular formula is C4H4N2OZn. The molecule has 0 saturated heterocycles. The monoisotopic (exact) mass is 160 g/mol. The van der Waals surface area contributed by atoms with Crippen LogP contribution in [0.15, 0.2) is 12.5 Å². The van der Waals surface area contributed by atoms with Crippen LogP contribution in [0.25, 0.3) is 0 Å². The van der Waals surface area contributed by atoms with Crippen LogP contribution in [0.1, 0.15) is 10.5 Å². The van der Waals surface area contributed by atoms with Crippen LogP contribution in [-0.2, 0) is 19.5 Å². The first-order chi connectivity index (χ1) is 3.43. The number of nitrogens with one attached hydrogen (secondary N) is 1. The Kier molecular flexibility index (Phi) is 3.28. The number of imidazole rings is 1. The van der Waals surface area contributed by atoms with Gasteiger partial charge < -0.3 is 4.98 Å². The van der Waals surface area contributed by atoms with Crippen LogP contribution in [0.5, 0.6) is 0 Å². The fraction of sp³-hybridized carbons (Fsp3) is 0. The number of nitrogens with zero attached hydrogens (tertiary/aromatic N) is 1. The zero-order chi connectivity index (χ0) is 5.11. The molecule has 1 aromatic rings. The third-order valence-corrected chi connectivity index (χ3v) is 0.646. The van der Waals surface area contributed by atoms with Gasteiger partial charge in [0, 0.05) is 19.5 Å². The maximum absolute atomic E-state index is 9.80. The van der Waals surface area contributed by atoms with Crippen LogP contribution >= 0.6 is 0 Å². The summed E-state index contributed by atoms with van der Waals surface area (Å²) < 4.78 is 0. The molecule has 0 amide bonds. The third kappa shape index (κ3) is 1.54. The molecule has 0 aliphatic carbocycles. The van der Waals surface area contributed by atoms with Crippen molar-refractivity contribution in [2.45, 2.75) is 0 Å². The second-order valence-corrected chi connectivity index (χ2v) is 1.12. The maximum atomic E-state index is 9.80. The minimum atomic E-state index is 0. The number of rotatable bonds is 1. The van der Waals surface area contributed by atoms with Gasteiger partial charge in [-0.3, -0.25) is 4.79 Å². The fourth-order valence-electron chi connectivity index (χ4n) is 0.331. The summed E-state index contributed by atoms with van der Waals surface area (Å²) in [5, 5.41) is 0. The first kappa shape index (κ1) is 7.50. The molecule has 0 saturated carbocycles. The molecule has 0 radical (unpaired) electrons. The number of aldehydes is 1. The number of H-pyrrole nitrogens is 1. The smallest absolute Gasteiger partial charge is 0.167 e. The Morgan fingerprint density at radius 1 is 1.75 bits per heavy atom. The molecule has 0 aromatic carbocycles. The summed E-state index contributed by atoms with van der Waals surface area (Å²) in [4.78, 5) is 16.0. The van der Waals surface area contributed by atoms with E-state index in [9.17, 15) is 4.79 Å².